The fourth-order valence-corrected chi connectivity index (χ4v) is 5.30. The van der Waals surface area contributed by atoms with Gasteiger partial charge in [0.15, 0.2) is 10.3 Å². The molecule has 0 radical (unpaired) electrons. The molecule has 0 aliphatic heterocycles. The lowest BCUT2D eigenvalue weighted by molar-refractivity contribution is 0.0596. The molecule has 0 amide bonds. The summed E-state index contributed by atoms with van der Waals surface area (Å²) in [5.41, 5.74) is 4.92. The Labute approximate surface area is 223 Å². The molecule has 0 saturated carbocycles. The minimum Gasteiger partial charge on any atom is -0.465 e. The topological polar surface area (TPSA) is 70.2 Å². The summed E-state index contributed by atoms with van der Waals surface area (Å²) in [6, 6.07) is 10.4. The summed E-state index contributed by atoms with van der Waals surface area (Å²) in [5, 5.41) is 1.56. The quantitative estimate of drug-likeness (QED) is 0.191. The van der Waals surface area contributed by atoms with Gasteiger partial charge in [0.1, 0.15) is 28.5 Å². The third kappa shape index (κ3) is 3.94. The van der Waals surface area contributed by atoms with Gasteiger partial charge in [0.25, 0.3) is 0 Å². The average molecular weight is 615 g/mol. The van der Waals surface area contributed by atoms with E-state index in [1.165, 1.54) is 13.2 Å². The lowest BCUT2D eigenvalue weighted by Gasteiger charge is -2.10. The maximum absolute atomic E-state index is 14.6. The highest BCUT2D eigenvalue weighted by Crippen LogP contribution is 2.39. The second-order valence-corrected chi connectivity index (χ2v) is 10.0. The van der Waals surface area contributed by atoms with E-state index < -0.39 is 11.8 Å². The Morgan fingerprint density at radius 2 is 1.92 bits per heavy atom. The van der Waals surface area contributed by atoms with Crippen molar-refractivity contribution in [3.05, 3.63) is 79.6 Å². The number of benzene rings is 2. The van der Waals surface area contributed by atoms with Gasteiger partial charge in [0.05, 0.1) is 19.3 Å². The molecule has 3 heterocycles. The van der Waals surface area contributed by atoms with E-state index in [0.29, 0.717) is 22.5 Å². The van der Waals surface area contributed by atoms with Gasteiger partial charge in [0, 0.05) is 27.2 Å². The van der Waals surface area contributed by atoms with Crippen molar-refractivity contribution in [1.29, 1.82) is 0 Å². The maximum atomic E-state index is 14.6. The van der Waals surface area contributed by atoms with Crippen LogP contribution in [0.1, 0.15) is 39.9 Å². The smallest absolute Gasteiger partial charge is 0.341 e. The predicted octanol–water partition coefficient (Wildman–Crippen LogP) is 7.52. The number of furan rings is 1. The Morgan fingerprint density at radius 1 is 1.14 bits per heavy atom. The number of hydrogen-bond donors (Lipinski definition) is 0. The molecule has 3 aromatic heterocycles. The number of aryl methyl sites for hydroxylation is 3. The van der Waals surface area contributed by atoms with Gasteiger partial charge >= 0.3 is 5.97 Å². The predicted molar refractivity (Wildman–Crippen MR) is 144 cm³/mol. The molecule has 2 aromatic carbocycles. The second-order valence-electron chi connectivity index (χ2n) is 8.51. The van der Waals surface area contributed by atoms with Crippen molar-refractivity contribution >= 4 is 59.8 Å². The van der Waals surface area contributed by atoms with Crippen LogP contribution in [0.15, 0.2) is 50.0 Å². The maximum Gasteiger partial charge on any atom is 0.341 e. The number of halogens is 3. The summed E-state index contributed by atoms with van der Waals surface area (Å²) < 4.78 is 29.0. The van der Waals surface area contributed by atoms with Gasteiger partial charge in [-0.15, -0.1) is 0 Å². The molecule has 6 nitrogen and oxygen atoms in total. The number of methoxy groups -OCH3 is 1. The molecule has 0 bridgehead atoms. The van der Waals surface area contributed by atoms with Crippen molar-refractivity contribution in [2.24, 2.45) is 0 Å². The van der Waals surface area contributed by atoms with Crippen LogP contribution >= 0.6 is 31.9 Å². The first kappa shape index (κ1) is 24.6. The molecular weight excluding hydrogens is 593 g/mol. The lowest BCUT2D eigenvalue weighted by atomic mass is 10.0. The zero-order valence-electron chi connectivity index (χ0n) is 20.1. The molecule has 5 aromatic rings. The molecule has 0 aliphatic rings. The number of carbonyl (C=O) groups is 1. The van der Waals surface area contributed by atoms with Gasteiger partial charge in [-0.25, -0.2) is 19.2 Å². The molecule has 0 saturated heterocycles. The molecule has 5 rings (SSSR count). The fraction of sp³-hybridized carbons (Fsp3) is 0.222. The number of pyridine rings is 1. The summed E-state index contributed by atoms with van der Waals surface area (Å²) >= 11 is 7.13. The molecule has 36 heavy (non-hydrogen) atoms. The van der Waals surface area contributed by atoms with Crippen LogP contribution in [0.25, 0.3) is 33.3 Å². The van der Waals surface area contributed by atoms with Crippen LogP contribution in [0.3, 0.4) is 0 Å². The number of nitrogens with zero attached hydrogens (tertiary/aromatic N) is 3. The van der Waals surface area contributed by atoms with E-state index in [4.69, 9.17) is 19.1 Å². The fourth-order valence-electron chi connectivity index (χ4n) is 4.53. The highest BCUT2D eigenvalue weighted by molar-refractivity contribution is 9.10. The standard InChI is InChI=1S/C27H22Br2FN3O3/c1-5-20-32-23-13(2)22(28)14(3)31-26(23)33(20)12-15-9-10-16-18(11-15)25(29)36-24(16)17-7-6-8-19(30)21(17)27(34)35-4/h6-11H,5,12H2,1-4H3. The molecule has 0 unspecified atom stereocenters. The van der Waals surface area contributed by atoms with Crippen LogP contribution in [0.5, 0.6) is 0 Å². The highest BCUT2D eigenvalue weighted by Gasteiger charge is 2.24. The number of rotatable bonds is 5. The zero-order chi connectivity index (χ0) is 25.7. The van der Waals surface area contributed by atoms with Crippen LogP contribution in [-0.4, -0.2) is 27.6 Å². The minimum atomic E-state index is -0.760. The Bertz CT molecular complexity index is 1670. The van der Waals surface area contributed by atoms with Crippen molar-refractivity contribution in [3.63, 3.8) is 0 Å². The first-order valence-electron chi connectivity index (χ1n) is 11.3. The van der Waals surface area contributed by atoms with Crippen LogP contribution in [0, 0.1) is 19.7 Å². The van der Waals surface area contributed by atoms with Crippen LogP contribution < -0.4 is 0 Å². The minimum absolute atomic E-state index is 0.160. The number of esters is 1. The molecule has 9 heteroatoms. The third-order valence-electron chi connectivity index (χ3n) is 6.33. The second kappa shape index (κ2) is 9.44. The Balaban J connectivity index is 1.63. The van der Waals surface area contributed by atoms with Crippen molar-refractivity contribution in [2.45, 2.75) is 33.7 Å². The van der Waals surface area contributed by atoms with Crippen LogP contribution in [0.2, 0.25) is 0 Å². The van der Waals surface area contributed by atoms with Gasteiger partial charge in [-0.2, -0.15) is 0 Å². The average Bonchev–Trinajstić information content (AvgIpc) is 3.39. The Morgan fingerprint density at radius 3 is 2.64 bits per heavy atom. The van der Waals surface area contributed by atoms with Crippen molar-refractivity contribution in [1.82, 2.24) is 14.5 Å². The summed E-state index contributed by atoms with van der Waals surface area (Å²) in [6.07, 6.45) is 0.768. The van der Waals surface area contributed by atoms with Gasteiger partial charge in [-0.1, -0.05) is 31.2 Å². The number of carbonyl (C=O) groups excluding carboxylic acids is 1. The highest BCUT2D eigenvalue weighted by atomic mass is 79.9. The summed E-state index contributed by atoms with van der Waals surface area (Å²) in [4.78, 5) is 22.0. The Hall–Kier alpha value is -3.04. The zero-order valence-corrected chi connectivity index (χ0v) is 23.3. The first-order valence-corrected chi connectivity index (χ1v) is 12.9. The van der Waals surface area contributed by atoms with E-state index in [1.54, 1.807) is 12.1 Å². The largest absolute Gasteiger partial charge is 0.465 e. The molecule has 184 valence electrons. The van der Waals surface area contributed by atoms with Crippen molar-refractivity contribution in [3.8, 4) is 11.3 Å². The Kier molecular flexibility index (Phi) is 6.46. The normalized spacial score (nSPS) is 11.5. The summed E-state index contributed by atoms with van der Waals surface area (Å²) in [7, 11) is 1.22. The molecule has 0 aliphatic carbocycles. The first-order chi connectivity index (χ1) is 17.2. The lowest BCUT2D eigenvalue weighted by Crippen LogP contribution is -2.06. The summed E-state index contributed by atoms with van der Waals surface area (Å²) in [5.74, 6) is -0.0827. The van der Waals surface area contributed by atoms with Gasteiger partial charge in [-0.05, 0) is 69.0 Å². The molecular formula is C27H22Br2FN3O3. The van der Waals surface area contributed by atoms with E-state index in [0.717, 1.165) is 55.5 Å². The third-order valence-corrected chi connectivity index (χ3v) is 8.09. The van der Waals surface area contributed by atoms with Gasteiger partial charge in [0.2, 0.25) is 0 Å². The van der Waals surface area contributed by atoms with Gasteiger partial charge in [-0.3, -0.25) is 0 Å². The van der Waals surface area contributed by atoms with Crippen LogP contribution in [-0.2, 0) is 17.7 Å². The van der Waals surface area contributed by atoms with Crippen molar-refractivity contribution < 1.29 is 18.3 Å². The molecule has 0 fully saturated rings. The number of imidazole rings is 1. The number of fused-ring (bicyclic) bond motifs is 2. The molecule has 0 spiro atoms. The van der Waals surface area contributed by atoms with E-state index in [2.05, 4.69) is 43.4 Å². The number of hydrogen-bond acceptors (Lipinski definition) is 5. The van der Waals surface area contributed by atoms with E-state index in [1.807, 2.05) is 32.0 Å². The molecule has 0 atom stereocenters. The van der Waals surface area contributed by atoms with Crippen LogP contribution in [0.4, 0.5) is 4.39 Å². The molecule has 0 N–H and O–H groups in total. The number of ether oxygens (including phenoxy) is 1. The van der Waals surface area contributed by atoms with E-state index in [-0.39, 0.29) is 5.56 Å². The number of aromatic nitrogens is 3. The SMILES string of the molecule is CCc1nc2c(C)c(Br)c(C)nc2n1Cc1ccc2c(-c3cccc(F)c3C(=O)OC)oc(Br)c2c1. The van der Waals surface area contributed by atoms with E-state index in [9.17, 15) is 9.18 Å². The van der Waals surface area contributed by atoms with Crippen molar-refractivity contribution in [2.75, 3.05) is 7.11 Å². The van der Waals surface area contributed by atoms with E-state index >= 15 is 0 Å². The van der Waals surface area contributed by atoms with Gasteiger partial charge < -0.3 is 13.7 Å². The summed E-state index contributed by atoms with van der Waals surface area (Å²) in [6.45, 7) is 6.67. The monoisotopic (exact) mass is 613 g/mol.